The summed E-state index contributed by atoms with van der Waals surface area (Å²) in [6.07, 6.45) is 6.54. The Morgan fingerprint density at radius 1 is 1.10 bits per heavy atom. The third kappa shape index (κ3) is 3.90. The molecular formula is C21H24N4O3S. The Labute approximate surface area is 170 Å². The topological polar surface area (TPSA) is 84.3 Å². The van der Waals surface area contributed by atoms with Crippen molar-refractivity contribution in [2.24, 2.45) is 0 Å². The third-order valence-electron chi connectivity index (χ3n) is 5.54. The lowest BCUT2D eigenvalue weighted by atomic mass is 9.96. The highest BCUT2D eigenvalue weighted by atomic mass is 32.2. The first kappa shape index (κ1) is 19.6. The van der Waals surface area contributed by atoms with Gasteiger partial charge in [-0.3, -0.25) is 10.2 Å². The number of amides is 1. The molecule has 0 unspecified atom stereocenters. The molecule has 1 saturated carbocycles. The van der Waals surface area contributed by atoms with Gasteiger partial charge in [0.25, 0.3) is 5.91 Å². The lowest BCUT2D eigenvalue weighted by molar-refractivity contribution is 0.101. The number of aromatic nitrogens is 2. The summed E-state index contributed by atoms with van der Waals surface area (Å²) in [4.78, 5) is 17.1. The van der Waals surface area contributed by atoms with Crippen LogP contribution in [0, 0.1) is 0 Å². The molecule has 0 radical (unpaired) electrons. The summed E-state index contributed by atoms with van der Waals surface area (Å²) in [6.45, 7) is 0. The van der Waals surface area contributed by atoms with Crippen LogP contribution < -0.4 is 5.43 Å². The summed E-state index contributed by atoms with van der Waals surface area (Å²) in [5.41, 5.74) is 4.57. The molecule has 152 valence electrons. The van der Waals surface area contributed by atoms with E-state index in [-0.39, 0.29) is 16.5 Å². The molecule has 0 saturated heterocycles. The lowest BCUT2D eigenvalue weighted by Gasteiger charge is -2.30. The number of sulfonamides is 1. The van der Waals surface area contributed by atoms with Gasteiger partial charge in [0.2, 0.25) is 10.0 Å². The highest BCUT2D eigenvalue weighted by Crippen LogP contribution is 2.26. The fourth-order valence-corrected chi connectivity index (χ4v) is 5.29. The van der Waals surface area contributed by atoms with Crippen molar-refractivity contribution in [1.82, 2.24) is 14.0 Å². The van der Waals surface area contributed by atoms with E-state index in [4.69, 9.17) is 0 Å². The Bertz CT molecular complexity index is 1130. The van der Waals surface area contributed by atoms with Gasteiger partial charge in [-0.05, 0) is 43.2 Å². The largest absolute Gasteiger partial charge is 0.270 e. The van der Waals surface area contributed by atoms with Crippen LogP contribution >= 0.6 is 0 Å². The molecule has 1 aliphatic carbocycles. The molecule has 0 aliphatic heterocycles. The molecule has 1 aromatic heterocycles. The highest BCUT2D eigenvalue weighted by molar-refractivity contribution is 7.89. The number of hydrogen-bond donors (Lipinski definition) is 1. The van der Waals surface area contributed by atoms with E-state index in [1.165, 1.54) is 27.4 Å². The third-order valence-corrected chi connectivity index (χ3v) is 7.44. The molecule has 4 rings (SSSR count). The van der Waals surface area contributed by atoms with E-state index in [1.807, 2.05) is 24.3 Å². The minimum Gasteiger partial charge on any atom is -0.267 e. The Hall–Kier alpha value is -2.71. The first-order valence-electron chi connectivity index (χ1n) is 9.78. The average Bonchev–Trinajstić information content (AvgIpc) is 3.16. The van der Waals surface area contributed by atoms with Crippen LogP contribution in [-0.2, 0) is 10.0 Å². The number of benzene rings is 2. The first-order valence-corrected chi connectivity index (χ1v) is 11.2. The Morgan fingerprint density at radius 2 is 1.86 bits per heavy atom. The minimum atomic E-state index is -3.66. The maximum Gasteiger partial charge on any atom is 0.270 e. The van der Waals surface area contributed by atoms with E-state index in [2.05, 4.69) is 10.4 Å². The maximum atomic E-state index is 13.1. The normalized spacial score (nSPS) is 15.7. The minimum absolute atomic E-state index is 0.0172. The number of para-hydroxylation sites is 2. The monoisotopic (exact) mass is 412 g/mol. The lowest BCUT2D eigenvalue weighted by Crippen LogP contribution is -2.38. The summed E-state index contributed by atoms with van der Waals surface area (Å²) in [7, 11) is -2.02. The zero-order valence-electron chi connectivity index (χ0n) is 16.3. The molecule has 0 atom stereocenters. The van der Waals surface area contributed by atoms with Crippen LogP contribution in [0.4, 0.5) is 0 Å². The van der Waals surface area contributed by atoms with Crippen molar-refractivity contribution in [3.8, 4) is 0 Å². The van der Waals surface area contributed by atoms with Gasteiger partial charge in [0.15, 0.2) is 0 Å². The molecule has 1 N–H and O–H groups in total. The Morgan fingerprint density at radius 3 is 2.66 bits per heavy atom. The Kier molecular flexibility index (Phi) is 5.38. The first-order chi connectivity index (χ1) is 14.0. The van der Waals surface area contributed by atoms with Gasteiger partial charge in [0.05, 0.1) is 15.9 Å². The van der Waals surface area contributed by atoms with Crippen LogP contribution in [0.2, 0.25) is 0 Å². The van der Waals surface area contributed by atoms with Crippen molar-refractivity contribution in [2.75, 3.05) is 12.5 Å². The van der Waals surface area contributed by atoms with Gasteiger partial charge in [0, 0.05) is 18.7 Å². The molecule has 1 heterocycles. The van der Waals surface area contributed by atoms with Gasteiger partial charge in [-0.1, -0.05) is 37.5 Å². The van der Waals surface area contributed by atoms with Crippen LogP contribution in [0.3, 0.4) is 0 Å². The second-order valence-electron chi connectivity index (χ2n) is 7.39. The SMILES string of the molecule is CN(C1CCCCC1)S(=O)(=O)c1cccc(C(=O)Nn2cnc3ccccc32)c1. The van der Waals surface area contributed by atoms with E-state index < -0.39 is 15.9 Å². The predicted molar refractivity (Wildman–Crippen MR) is 112 cm³/mol. The van der Waals surface area contributed by atoms with Crippen molar-refractivity contribution >= 4 is 27.0 Å². The Balaban J connectivity index is 1.57. The number of carbonyl (C=O) groups is 1. The zero-order valence-corrected chi connectivity index (χ0v) is 17.1. The van der Waals surface area contributed by atoms with E-state index in [9.17, 15) is 13.2 Å². The molecule has 1 amide bonds. The molecule has 0 bridgehead atoms. The molecule has 7 nitrogen and oxygen atoms in total. The maximum absolute atomic E-state index is 13.1. The van der Waals surface area contributed by atoms with Crippen molar-refractivity contribution in [3.63, 3.8) is 0 Å². The molecule has 29 heavy (non-hydrogen) atoms. The number of nitrogens with zero attached hydrogens (tertiary/aromatic N) is 3. The van der Waals surface area contributed by atoms with E-state index in [0.29, 0.717) is 0 Å². The van der Waals surface area contributed by atoms with E-state index in [0.717, 1.165) is 43.1 Å². The number of imidazole rings is 1. The average molecular weight is 413 g/mol. The number of rotatable bonds is 5. The number of nitrogens with one attached hydrogen (secondary N) is 1. The van der Waals surface area contributed by atoms with Crippen LogP contribution in [0.5, 0.6) is 0 Å². The molecular weight excluding hydrogens is 388 g/mol. The summed E-state index contributed by atoms with van der Waals surface area (Å²) in [5.74, 6) is -0.398. The molecule has 8 heteroatoms. The van der Waals surface area contributed by atoms with Gasteiger partial charge in [-0.2, -0.15) is 4.31 Å². The zero-order chi connectivity index (χ0) is 20.4. The van der Waals surface area contributed by atoms with Crippen LogP contribution in [0.25, 0.3) is 11.0 Å². The van der Waals surface area contributed by atoms with Gasteiger partial charge < -0.3 is 0 Å². The van der Waals surface area contributed by atoms with Crippen LogP contribution in [-0.4, -0.2) is 41.4 Å². The molecule has 1 aliphatic rings. The quantitative estimate of drug-likeness (QED) is 0.696. The van der Waals surface area contributed by atoms with Gasteiger partial charge >= 0.3 is 0 Å². The predicted octanol–water partition coefficient (Wildman–Crippen LogP) is 3.37. The molecule has 3 aromatic rings. The van der Waals surface area contributed by atoms with Crippen molar-refractivity contribution in [1.29, 1.82) is 0 Å². The van der Waals surface area contributed by atoms with Crippen molar-refractivity contribution in [2.45, 2.75) is 43.0 Å². The smallest absolute Gasteiger partial charge is 0.267 e. The van der Waals surface area contributed by atoms with Gasteiger partial charge in [-0.25, -0.2) is 18.1 Å². The van der Waals surface area contributed by atoms with E-state index in [1.54, 1.807) is 19.2 Å². The molecule has 0 spiro atoms. The molecule has 2 aromatic carbocycles. The summed E-state index contributed by atoms with van der Waals surface area (Å²) >= 11 is 0. The summed E-state index contributed by atoms with van der Waals surface area (Å²) < 4.78 is 29.2. The van der Waals surface area contributed by atoms with Gasteiger partial charge in [0.1, 0.15) is 6.33 Å². The fraction of sp³-hybridized carbons (Fsp3) is 0.333. The second-order valence-corrected chi connectivity index (χ2v) is 9.38. The standard InChI is InChI=1S/C21H24N4O3S/c1-24(17-9-3-2-4-10-17)29(27,28)18-11-7-8-16(14-18)21(26)23-25-15-22-19-12-5-6-13-20(19)25/h5-8,11-15,17H,2-4,9-10H2,1H3,(H,23,26). The number of hydrogen-bond acceptors (Lipinski definition) is 4. The van der Waals surface area contributed by atoms with Gasteiger partial charge in [-0.15, -0.1) is 0 Å². The van der Waals surface area contributed by atoms with Crippen LogP contribution in [0.1, 0.15) is 42.5 Å². The van der Waals surface area contributed by atoms with Crippen molar-refractivity contribution in [3.05, 3.63) is 60.4 Å². The summed E-state index contributed by atoms with van der Waals surface area (Å²) in [5, 5.41) is 0. The second kappa shape index (κ2) is 7.96. The number of fused-ring (bicyclic) bond motifs is 1. The van der Waals surface area contributed by atoms with E-state index >= 15 is 0 Å². The molecule has 1 fully saturated rings. The fourth-order valence-electron chi connectivity index (χ4n) is 3.83. The highest BCUT2D eigenvalue weighted by Gasteiger charge is 2.29. The summed E-state index contributed by atoms with van der Waals surface area (Å²) in [6, 6.07) is 13.6. The van der Waals surface area contributed by atoms with Crippen LogP contribution in [0.15, 0.2) is 59.8 Å². The number of carbonyl (C=O) groups excluding carboxylic acids is 1. The van der Waals surface area contributed by atoms with Crippen molar-refractivity contribution < 1.29 is 13.2 Å².